The minimum atomic E-state index is -3.36. The predicted octanol–water partition coefficient (Wildman–Crippen LogP) is 4.74. The molecule has 5 nitrogen and oxygen atoms in total. The Balaban J connectivity index is 2.11. The Kier molecular flexibility index (Phi) is 6.77. The molecule has 0 aliphatic rings. The van der Waals surface area contributed by atoms with Gasteiger partial charge in [0.15, 0.2) is 9.84 Å². The largest absolute Gasteiger partial charge is 0.465 e. The quantitative estimate of drug-likeness (QED) is 0.386. The molecular weight excluding hydrogens is 398 g/mol. The highest BCUT2D eigenvalue weighted by Crippen LogP contribution is 2.33. The van der Waals surface area contributed by atoms with Gasteiger partial charge in [0.25, 0.3) is 0 Å². The molecule has 1 aromatic heterocycles. The lowest BCUT2D eigenvalue weighted by Crippen LogP contribution is -2.10. The summed E-state index contributed by atoms with van der Waals surface area (Å²) >= 11 is 0. The predicted molar refractivity (Wildman–Crippen MR) is 119 cm³/mol. The Morgan fingerprint density at radius 1 is 1.07 bits per heavy atom. The molecule has 2 aromatic carbocycles. The molecule has 0 aliphatic heterocycles. The third kappa shape index (κ3) is 5.00. The molecule has 0 atom stereocenters. The highest BCUT2D eigenvalue weighted by atomic mass is 32.2. The standard InChI is InChI=1S/C24H27NO4S/c1-4-5-15-29-23(26)16-19-13-14-25(20-9-7-6-8-10-20)24(19)22-17-21(30(3,27)28)12-11-18(22)2/h6-14,17H,4-5,15-16H2,1-3H3. The molecule has 0 radical (unpaired) electrons. The summed E-state index contributed by atoms with van der Waals surface area (Å²) in [5, 5.41) is 0. The summed E-state index contributed by atoms with van der Waals surface area (Å²) < 4.78 is 31.6. The Morgan fingerprint density at radius 3 is 2.47 bits per heavy atom. The van der Waals surface area contributed by atoms with E-state index in [1.807, 2.05) is 61.0 Å². The molecule has 1 heterocycles. The summed E-state index contributed by atoms with van der Waals surface area (Å²) in [4.78, 5) is 12.7. The fraction of sp³-hybridized carbons (Fsp3) is 0.292. The van der Waals surface area contributed by atoms with Crippen molar-refractivity contribution in [2.75, 3.05) is 12.9 Å². The summed E-state index contributed by atoms with van der Waals surface area (Å²) in [5.74, 6) is -0.285. The molecule has 0 fully saturated rings. The molecule has 3 rings (SSSR count). The number of nitrogens with zero attached hydrogens (tertiary/aromatic N) is 1. The highest BCUT2D eigenvalue weighted by Gasteiger charge is 2.19. The van der Waals surface area contributed by atoms with Crippen LogP contribution in [-0.2, 0) is 25.8 Å². The van der Waals surface area contributed by atoms with Gasteiger partial charge in [0, 0.05) is 23.7 Å². The minimum Gasteiger partial charge on any atom is -0.465 e. The first-order chi connectivity index (χ1) is 14.3. The lowest BCUT2D eigenvalue weighted by molar-refractivity contribution is -0.142. The Labute approximate surface area is 178 Å². The third-order valence-corrected chi connectivity index (χ3v) is 6.10. The molecule has 6 heteroatoms. The minimum absolute atomic E-state index is 0.126. The number of para-hydroxylation sites is 1. The van der Waals surface area contributed by atoms with E-state index in [2.05, 4.69) is 0 Å². The zero-order chi connectivity index (χ0) is 21.7. The Bertz CT molecular complexity index is 1130. The van der Waals surface area contributed by atoms with Gasteiger partial charge >= 0.3 is 5.97 Å². The maximum absolute atomic E-state index is 12.4. The van der Waals surface area contributed by atoms with Crippen molar-refractivity contribution >= 4 is 15.8 Å². The zero-order valence-corrected chi connectivity index (χ0v) is 18.4. The van der Waals surface area contributed by atoms with Crippen molar-refractivity contribution in [3.8, 4) is 16.9 Å². The average Bonchev–Trinajstić information content (AvgIpc) is 3.11. The number of esters is 1. The third-order valence-electron chi connectivity index (χ3n) is 4.99. The molecule has 0 saturated heterocycles. The summed E-state index contributed by atoms with van der Waals surface area (Å²) in [6.45, 7) is 4.39. The van der Waals surface area contributed by atoms with Gasteiger partial charge in [-0.05, 0) is 54.8 Å². The number of carbonyl (C=O) groups excluding carboxylic acids is 1. The van der Waals surface area contributed by atoms with E-state index in [0.29, 0.717) is 6.61 Å². The highest BCUT2D eigenvalue weighted by molar-refractivity contribution is 7.90. The molecule has 0 aliphatic carbocycles. The van der Waals surface area contributed by atoms with E-state index < -0.39 is 9.84 Å². The van der Waals surface area contributed by atoms with E-state index in [-0.39, 0.29) is 17.3 Å². The number of aryl methyl sites for hydroxylation is 1. The summed E-state index contributed by atoms with van der Waals surface area (Å²) in [5.41, 5.74) is 4.25. The van der Waals surface area contributed by atoms with E-state index in [1.54, 1.807) is 18.2 Å². The van der Waals surface area contributed by atoms with Gasteiger partial charge < -0.3 is 9.30 Å². The Morgan fingerprint density at radius 2 is 1.80 bits per heavy atom. The molecule has 0 unspecified atom stereocenters. The SMILES string of the molecule is CCCCOC(=O)Cc1ccn(-c2ccccc2)c1-c1cc(S(C)(=O)=O)ccc1C. The van der Waals surface area contributed by atoms with Gasteiger partial charge in [0.2, 0.25) is 0 Å². The Hall–Kier alpha value is -2.86. The second kappa shape index (κ2) is 9.30. The van der Waals surface area contributed by atoms with Crippen molar-refractivity contribution in [3.63, 3.8) is 0 Å². The van der Waals surface area contributed by atoms with Crippen molar-refractivity contribution in [1.82, 2.24) is 4.57 Å². The van der Waals surface area contributed by atoms with E-state index in [9.17, 15) is 13.2 Å². The molecule has 3 aromatic rings. The van der Waals surface area contributed by atoms with Gasteiger partial charge in [0.05, 0.1) is 23.6 Å². The van der Waals surface area contributed by atoms with Gasteiger partial charge in [-0.15, -0.1) is 0 Å². The molecule has 0 bridgehead atoms. The number of benzene rings is 2. The molecule has 0 N–H and O–H groups in total. The van der Waals surface area contributed by atoms with Gasteiger partial charge in [-0.1, -0.05) is 37.6 Å². The van der Waals surface area contributed by atoms with Crippen LogP contribution in [-0.4, -0.2) is 31.8 Å². The van der Waals surface area contributed by atoms with E-state index in [1.165, 1.54) is 6.26 Å². The molecule has 30 heavy (non-hydrogen) atoms. The van der Waals surface area contributed by atoms with Crippen LogP contribution in [0.4, 0.5) is 0 Å². The van der Waals surface area contributed by atoms with Crippen LogP contribution in [0, 0.1) is 6.92 Å². The fourth-order valence-corrected chi connectivity index (χ4v) is 3.99. The second-order valence-electron chi connectivity index (χ2n) is 7.39. The molecule has 158 valence electrons. The average molecular weight is 426 g/mol. The van der Waals surface area contributed by atoms with Gasteiger partial charge in [-0.3, -0.25) is 4.79 Å². The van der Waals surface area contributed by atoms with Crippen LogP contribution in [0.2, 0.25) is 0 Å². The summed E-state index contributed by atoms with van der Waals surface area (Å²) in [6.07, 6.45) is 5.02. The lowest BCUT2D eigenvalue weighted by atomic mass is 10.0. The van der Waals surface area contributed by atoms with Crippen LogP contribution in [0.5, 0.6) is 0 Å². The number of rotatable bonds is 8. The van der Waals surface area contributed by atoms with Gasteiger partial charge in [-0.2, -0.15) is 0 Å². The number of hydrogen-bond donors (Lipinski definition) is 0. The van der Waals surface area contributed by atoms with Crippen LogP contribution in [0.1, 0.15) is 30.9 Å². The maximum atomic E-state index is 12.4. The van der Waals surface area contributed by atoms with Crippen LogP contribution in [0.3, 0.4) is 0 Å². The first kappa shape index (κ1) is 21.8. The lowest BCUT2D eigenvalue weighted by Gasteiger charge is -2.15. The normalized spacial score (nSPS) is 11.4. The first-order valence-corrected chi connectivity index (χ1v) is 11.9. The number of carbonyl (C=O) groups is 1. The summed E-state index contributed by atoms with van der Waals surface area (Å²) in [7, 11) is -3.36. The van der Waals surface area contributed by atoms with Gasteiger partial charge in [-0.25, -0.2) is 8.42 Å². The van der Waals surface area contributed by atoms with E-state index in [0.717, 1.165) is 40.9 Å². The maximum Gasteiger partial charge on any atom is 0.310 e. The monoisotopic (exact) mass is 425 g/mol. The number of sulfone groups is 1. The van der Waals surface area contributed by atoms with Crippen LogP contribution in [0.15, 0.2) is 65.7 Å². The van der Waals surface area contributed by atoms with Crippen molar-refractivity contribution in [1.29, 1.82) is 0 Å². The zero-order valence-electron chi connectivity index (χ0n) is 17.6. The number of ether oxygens (including phenoxy) is 1. The van der Waals surface area contributed by atoms with Crippen LogP contribution >= 0.6 is 0 Å². The van der Waals surface area contributed by atoms with Crippen molar-refractivity contribution in [2.45, 2.75) is 38.0 Å². The number of unbranched alkanes of at least 4 members (excludes halogenated alkanes) is 1. The van der Waals surface area contributed by atoms with Crippen molar-refractivity contribution < 1.29 is 17.9 Å². The van der Waals surface area contributed by atoms with E-state index in [4.69, 9.17) is 4.74 Å². The van der Waals surface area contributed by atoms with Crippen LogP contribution in [0.25, 0.3) is 16.9 Å². The molecule has 0 saturated carbocycles. The van der Waals surface area contributed by atoms with Gasteiger partial charge in [0.1, 0.15) is 0 Å². The second-order valence-corrected chi connectivity index (χ2v) is 9.41. The molecular formula is C24H27NO4S. The number of hydrogen-bond acceptors (Lipinski definition) is 4. The fourth-order valence-electron chi connectivity index (χ4n) is 3.35. The van der Waals surface area contributed by atoms with E-state index >= 15 is 0 Å². The molecule has 0 spiro atoms. The number of aromatic nitrogens is 1. The first-order valence-electron chi connectivity index (χ1n) is 10.0. The molecule has 0 amide bonds. The van der Waals surface area contributed by atoms with Crippen LogP contribution < -0.4 is 0 Å². The van der Waals surface area contributed by atoms with Crippen molar-refractivity contribution in [2.24, 2.45) is 0 Å². The smallest absolute Gasteiger partial charge is 0.310 e. The topological polar surface area (TPSA) is 65.4 Å². The summed E-state index contributed by atoms with van der Waals surface area (Å²) in [6, 6.07) is 16.8. The van der Waals surface area contributed by atoms with Crippen molar-refractivity contribution in [3.05, 3.63) is 71.9 Å².